The normalized spacial score (nSPS) is 10.2. The van der Waals surface area contributed by atoms with Gasteiger partial charge in [0.05, 0.1) is 0 Å². The van der Waals surface area contributed by atoms with Crippen LogP contribution >= 0.6 is 0 Å². The van der Waals surface area contributed by atoms with Crippen molar-refractivity contribution in [1.82, 2.24) is 0 Å². The molecule has 0 spiro atoms. The van der Waals surface area contributed by atoms with Crippen LogP contribution in [0.3, 0.4) is 0 Å². The molecule has 0 saturated heterocycles. The summed E-state index contributed by atoms with van der Waals surface area (Å²) in [6, 6.07) is 0. The molecule has 0 aromatic rings. The van der Waals surface area contributed by atoms with Crippen LogP contribution in [-0.2, 0) is 16.0 Å². The maximum absolute atomic E-state index is 3.73. The molecule has 0 nitrogen and oxygen atoms in total. The summed E-state index contributed by atoms with van der Waals surface area (Å²) < 4.78 is 0. The Morgan fingerprint density at radius 3 is 1.30 bits per heavy atom. The summed E-state index contributed by atoms with van der Waals surface area (Å²) in [6.07, 6.45) is 6.04. The maximum atomic E-state index is 3.73. The van der Waals surface area contributed by atoms with Gasteiger partial charge in [0, 0.05) is 0 Å². The van der Waals surface area contributed by atoms with Gasteiger partial charge in [-0.3, -0.25) is 0 Å². The molecular weight excluding hydrogens is 211 g/mol. The van der Waals surface area contributed by atoms with Crippen LogP contribution < -0.4 is 0 Å². The Labute approximate surface area is 69.2 Å². The van der Waals surface area contributed by atoms with Crippen LogP contribution in [0.25, 0.3) is 0 Å². The number of hydrogen-bond acceptors (Lipinski definition) is 0. The van der Waals surface area contributed by atoms with E-state index in [0.29, 0.717) is 0 Å². The molecule has 0 aliphatic heterocycles. The zero-order valence-electron chi connectivity index (χ0n) is 6.31. The number of hydrogen-bond donors (Lipinski definition) is 0. The van der Waals surface area contributed by atoms with E-state index in [4.69, 9.17) is 0 Å². The van der Waals surface area contributed by atoms with Gasteiger partial charge in [0.15, 0.2) is 0 Å². The molecule has 0 bridgehead atoms. The van der Waals surface area contributed by atoms with Crippen LogP contribution in [0, 0.1) is 0 Å². The quantitative estimate of drug-likeness (QED) is 0.481. The van der Waals surface area contributed by atoms with Crippen molar-refractivity contribution >= 4 is 0 Å². The molecule has 0 aromatic heterocycles. The van der Waals surface area contributed by atoms with Gasteiger partial charge >= 0.3 is 69.0 Å². The first-order valence-electron chi connectivity index (χ1n) is 3.16. The monoisotopic (exact) mass is 226 g/mol. The predicted octanol–water partition coefficient (Wildman–Crippen LogP) is 3.42. The van der Waals surface area contributed by atoms with Crippen molar-refractivity contribution in [3.05, 3.63) is 38.0 Å². The van der Waals surface area contributed by atoms with Crippen molar-refractivity contribution in [3.8, 4) is 0 Å². The molecule has 10 heavy (non-hydrogen) atoms. The first-order valence-corrected chi connectivity index (χ1v) is 6.63. The van der Waals surface area contributed by atoms with Gasteiger partial charge in [-0.2, -0.15) is 0 Å². The summed E-state index contributed by atoms with van der Waals surface area (Å²) >= 11 is -0.507. The van der Waals surface area contributed by atoms with E-state index in [1.165, 1.54) is 15.0 Å². The SMILES string of the molecule is C=C[CH2][Rh]([CH2]C=C)[CH2]C=C. The van der Waals surface area contributed by atoms with E-state index < -0.39 is 16.0 Å². The van der Waals surface area contributed by atoms with E-state index in [0.717, 1.165) is 0 Å². The Hall–Kier alpha value is -0.157. The van der Waals surface area contributed by atoms with Crippen molar-refractivity contribution in [2.75, 3.05) is 0 Å². The van der Waals surface area contributed by atoms with Crippen LogP contribution in [0.5, 0.6) is 0 Å². The van der Waals surface area contributed by atoms with Gasteiger partial charge in [-0.15, -0.1) is 0 Å². The van der Waals surface area contributed by atoms with Crippen LogP contribution in [0.4, 0.5) is 0 Å². The van der Waals surface area contributed by atoms with Gasteiger partial charge in [-0.05, 0) is 0 Å². The minimum atomic E-state index is -0.507. The number of allylic oxidation sites excluding steroid dienone is 3. The summed E-state index contributed by atoms with van der Waals surface area (Å²) in [6.45, 7) is 11.2. The summed E-state index contributed by atoms with van der Waals surface area (Å²) in [5.74, 6) is 0. The third-order valence-electron chi connectivity index (χ3n) is 0.866. The summed E-state index contributed by atoms with van der Waals surface area (Å²) in [4.78, 5) is 0. The van der Waals surface area contributed by atoms with E-state index in [2.05, 4.69) is 19.7 Å². The van der Waals surface area contributed by atoms with Crippen molar-refractivity contribution in [1.29, 1.82) is 0 Å². The Balaban J connectivity index is 3.58. The average molecular weight is 226 g/mol. The van der Waals surface area contributed by atoms with E-state index in [-0.39, 0.29) is 0 Å². The summed E-state index contributed by atoms with van der Waals surface area (Å²) in [5, 5.41) is 3.59. The minimum absolute atomic E-state index is 0.507. The van der Waals surface area contributed by atoms with Crippen molar-refractivity contribution < 1.29 is 16.0 Å². The van der Waals surface area contributed by atoms with E-state index >= 15 is 0 Å². The van der Waals surface area contributed by atoms with Crippen LogP contribution in [0.15, 0.2) is 38.0 Å². The van der Waals surface area contributed by atoms with E-state index in [1.807, 2.05) is 18.2 Å². The Kier molecular flexibility index (Phi) is 6.85. The molecule has 0 N–H and O–H groups in total. The third kappa shape index (κ3) is 4.70. The zero-order chi connectivity index (χ0) is 7.82. The van der Waals surface area contributed by atoms with Crippen LogP contribution in [0.2, 0.25) is 15.0 Å². The number of rotatable bonds is 6. The molecule has 0 saturated carbocycles. The first kappa shape index (κ1) is 9.84. The molecule has 0 radical (unpaired) electrons. The summed E-state index contributed by atoms with van der Waals surface area (Å²) in [5.41, 5.74) is 0. The van der Waals surface area contributed by atoms with Gasteiger partial charge in [0.1, 0.15) is 0 Å². The molecule has 0 aliphatic rings. The second-order valence-corrected chi connectivity index (χ2v) is 6.24. The molecule has 0 fully saturated rings. The summed E-state index contributed by atoms with van der Waals surface area (Å²) in [7, 11) is 0. The van der Waals surface area contributed by atoms with Gasteiger partial charge in [-0.1, -0.05) is 0 Å². The van der Waals surface area contributed by atoms with E-state index in [1.54, 1.807) is 0 Å². The fourth-order valence-corrected chi connectivity index (χ4v) is 3.40. The third-order valence-corrected chi connectivity index (χ3v) is 5.12. The Bertz CT molecular complexity index is 92.1. The average Bonchev–Trinajstić information content (AvgIpc) is 1.90. The van der Waals surface area contributed by atoms with Crippen molar-refractivity contribution in [2.45, 2.75) is 15.0 Å². The molecule has 0 atom stereocenters. The molecule has 0 aliphatic carbocycles. The van der Waals surface area contributed by atoms with Gasteiger partial charge in [0.2, 0.25) is 0 Å². The standard InChI is InChI=1S/3C3H5.Rh/c3*1-3-2;/h3*3H,1-2H2;. The van der Waals surface area contributed by atoms with Gasteiger partial charge < -0.3 is 0 Å². The molecule has 0 aromatic carbocycles. The van der Waals surface area contributed by atoms with Gasteiger partial charge in [-0.25, -0.2) is 0 Å². The zero-order valence-corrected chi connectivity index (χ0v) is 7.95. The predicted molar refractivity (Wildman–Crippen MR) is 45.0 cm³/mol. The van der Waals surface area contributed by atoms with Gasteiger partial charge in [0.25, 0.3) is 0 Å². The molecule has 0 unspecified atom stereocenters. The second kappa shape index (κ2) is 6.96. The van der Waals surface area contributed by atoms with Crippen LogP contribution in [0.1, 0.15) is 0 Å². The Morgan fingerprint density at radius 1 is 0.800 bits per heavy atom. The molecular formula is C9H15Rh. The Morgan fingerprint density at radius 2 is 1.10 bits per heavy atom. The topological polar surface area (TPSA) is 0 Å². The van der Waals surface area contributed by atoms with E-state index in [9.17, 15) is 0 Å². The van der Waals surface area contributed by atoms with Crippen LogP contribution in [-0.4, -0.2) is 0 Å². The fourth-order valence-electron chi connectivity index (χ4n) is 0.575. The van der Waals surface area contributed by atoms with Crippen molar-refractivity contribution in [2.24, 2.45) is 0 Å². The molecule has 0 heterocycles. The molecule has 60 valence electrons. The molecule has 0 rings (SSSR count). The second-order valence-electron chi connectivity index (χ2n) is 1.77. The molecule has 0 amide bonds. The first-order chi connectivity index (χ1) is 4.85. The van der Waals surface area contributed by atoms with Crippen molar-refractivity contribution in [3.63, 3.8) is 0 Å². The fraction of sp³-hybridized carbons (Fsp3) is 0.333. The molecule has 1 heteroatoms.